The highest BCUT2D eigenvalue weighted by Crippen LogP contribution is 2.31. The van der Waals surface area contributed by atoms with Crippen molar-refractivity contribution in [3.05, 3.63) is 83.7 Å². The largest absolute Gasteiger partial charge is 0.384 e. The smallest absolute Gasteiger partial charge is 0.123 e. The van der Waals surface area contributed by atoms with Gasteiger partial charge in [0, 0.05) is 18.3 Å². The van der Waals surface area contributed by atoms with Crippen molar-refractivity contribution in [1.29, 1.82) is 0 Å². The van der Waals surface area contributed by atoms with Crippen molar-refractivity contribution in [3.63, 3.8) is 0 Å². The van der Waals surface area contributed by atoms with Crippen LogP contribution in [0.5, 0.6) is 0 Å². The number of pyridine rings is 2. The molecule has 4 N–H and O–H groups in total. The van der Waals surface area contributed by atoms with E-state index in [1.54, 1.807) is 0 Å². The fourth-order valence-corrected chi connectivity index (χ4v) is 2.40. The number of nitrogens with two attached hydrogens (primary N) is 2. The molecule has 2 aromatic heterocycles. The molecule has 0 saturated carbocycles. The van der Waals surface area contributed by atoms with E-state index in [0.29, 0.717) is 11.6 Å². The standard InChI is InChI=1S/C17H16N4/c18-15-8-6-13(10-20-15)17(12-4-2-1-3-5-12)14-7-9-16(19)21-11-14/h1-11,17H,(H2,18,20)(H2,19,21). The molecule has 0 amide bonds. The predicted molar refractivity (Wildman–Crippen MR) is 84.7 cm³/mol. The molecule has 1 aromatic carbocycles. The molecular formula is C17H16N4. The van der Waals surface area contributed by atoms with Gasteiger partial charge >= 0.3 is 0 Å². The lowest BCUT2D eigenvalue weighted by atomic mass is 9.87. The zero-order chi connectivity index (χ0) is 14.7. The van der Waals surface area contributed by atoms with Crippen LogP contribution in [0.1, 0.15) is 22.6 Å². The Morgan fingerprint density at radius 3 is 1.57 bits per heavy atom. The Morgan fingerprint density at radius 2 is 1.14 bits per heavy atom. The van der Waals surface area contributed by atoms with Crippen LogP contribution in [0, 0.1) is 0 Å². The van der Waals surface area contributed by atoms with Crippen LogP contribution >= 0.6 is 0 Å². The summed E-state index contributed by atoms with van der Waals surface area (Å²) in [5.41, 5.74) is 14.7. The molecule has 104 valence electrons. The first kappa shape index (κ1) is 13.1. The molecule has 4 heteroatoms. The van der Waals surface area contributed by atoms with Gasteiger partial charge in [0.25, 0.3) is 0 Å². The Balaban J connectivity index is 2.11. The van der Waals surface area contributed by atoms with E-state index in [2.05, 4.69) is 22.1 Å². The lowest BCUT2D eigenvalue weighted by Crippen LogP contribution is -2.05. The number of nitrogens with zero attached hydrogens (tertiary/aromatic N) is 2. The summed E-state index contributed by atoms with van der Waals surface area (Å²) < 4.78 is 0. The van der Waals surface area contributed by atoms with E-state index < -0.39 is 0 Å². The van der Waals surface area contributed by atoms with Gasteiger partial charge in [-0.2, -0.15) is 0 Å². The number of anilines is 2. The van der Waals surface area contributed by atoms with Crippen LogP contribution in [-0.4, -0.2) is 9.97 Å². The molecule has 0 bridgehead atoms. The summed E-state index contributed by atoms with van der Waals surface area (Å²) in [6.45, 7) is 0. The molecule has 0 aliphatic rings. The molecule has 0 radical (unpaired) electrons. The fraction of sp³-hybridized carbons (Fsp3) is 0.0588. The van der Waals surface area contributed by atoms with Gasteiger partial charge in [-0.3, -0.25) is 0 Å². The van der Waals surface area contributed by atoms with Crippen LogP contribution in [0.15, 0.2) is 67.0 Å². The van der Waals surface area contributed by atoms with Gasteiger partial charge in [-0.15, -0.1) is 0 Å². The number of nitrogen functional groups attached to an aromatic ring is 2. The van der Waals surface area contributed by atoms with E-state index in [4.69, 9.17) is 11.5 Å². The molecule has 0 saturated heterocycles. The fourth-order valence-electron chi connectivity index (χ4n) is 2.40. The molecule has 21 heavy (non-hydrogen) atoms. The van der Waals surface area contributed by atoms with Crippen molar-refractivity contribution in [3.8, 4) is 0 Å². The summed E-state index contributed by atoms with van der Waals surface area (Å²) in [5, 5.41) is 0. The van der Waals surface area contributed by atoms with Gasteiger partial charge in [0.05, 0.1) is 0 Å². The number of benzene rings is 1. The molecule has 0 spiro atoms. The van der Waals surface area contributed by atoms with Gasteiger partial charge in [-0.25, -0.2) is 9.97 Å². The second-order valence-electron chi connectivity index (χ2n) is 4.88. The SMILES string of the molecule is Nc1ccc(C(c2ccccc2)c2ccc(N)nc2)cn1. The highest BCUT2D eigenvalue weighted by atomic mass is 14.8. The van der Waals surface area contributed by atoms with E-state index in [1.807, 2.05) is 54.9 Å². The van der Waals surface area contributed by atoms with E-state index in [-0.39, 0.29) is 5.92 Å². The Morgan fingerprint density at radius 1 is 0.619 bits per heavy atom. The average Bonchev–Trinajstić information content (AvgIpc) is 2.52. The van der Waals surface area contributed by atoms with Gasteiger partial charge in [0.1, 0.15) is 11.6 Å². The summed E-state index contributed by atoms with van der Waals surface area (Å²) in [5.74, 6) is 1.09. The van der Waals surface area contributed by atoms with Crippen molar-refractivity contribution in [2.24, 2.45) is 0 Å². The molecule has 2 heterocycles. The molecule has 0 aliphatic carbocycles. The zero-order valence-electron chi connectivity index (χ0n) is 11.5. The minimum Gasteiger partial charge on any atom is -0.384 e. The average molecular weight is 276 g/mol. The van der Waals surface area contributed by atoms with E-state index >= 15 is 0 Å². The van der Waals surface area contributed by atoms with Crippen LogP contribution in [0.2, 0.25) is 0 Å². The maximum Gasteiger partial charge on any atom is 0.123 e. The summed E-state index contributed by atoms with van der Waals surface area (Å²) >= 11 is 0. The lowest BCUT2D eigenvalue weighted by molar-refractivity contribution is 0.953. The van der Waals surface area contributed by atoms with Crippen LogP contribution in [0.25, 0.3) is 0 Å². The number of aromatic nitrogens is 2. The first-order valence-electron chi connectivity index (χ1n) is 6.72. The lowest BCUT2D eigenvalue weighted by Gasteiger charge is -2.18. The van der Waals surface area contributed by atoms with Gasteiger partial charge in [0.2, 0.25) is 0 Å². The molecule has 4 nitrogen and oxygen atoms in total. The van der Waals surface area contributed by atoms with E-state index in [0.717, 1.165) is 11.1 Å². The minimum atomic E-state index is 0.0624. The summed E-state index contributed by atoms with van der Waals surface area (Å²) in [4.78, 5) is 8.40. The second-order valence-corrected chi connectivity index (χ2v) is 4.88. The van der Waals surface area contributed by atoms with Crippen molar-refractivity contribution in [1.82, 2.24) is 9.97 Å². The number of hydrogen-bond donors (Lipinski definition) is 2. The first-order chi connectivity index (χ1) is 10.2. The van der Waals surface area contributed by atoms with E-state index in [9.17, 15) is 0 Å². The molecule has 0 aliphatic heterocycles. The van der Waals surface area contributed by atoms with Crippen LogP contribution < -0.4 is 11.5 Å². The predicted octanol–water partition coefficient (Wildman–Crippen LogP) is 2.82. The molecule has 0 atom stereocenters. The third kappa shape index (κ3) is 2.84. The zero-order valence-corrected chi connectivity index (χ0v) is 11.5. The molecule has 0 fully saturated rings. The van der Waals surface area contributed by atoms with E-state index in [1.165, 1.54) is 5.56 Å². The molecule has 0 unspecified atom stereocenters. The summed E-state index contributed by atoms with van der Waals surface area (Å²) in [7, 11) is 0. The Kier molecular flexibility index (Phi) is 3.51. The Hall–Kier alpha value is -2.88. The normalized spacial score (nSPS) is 10.7. The topological polar surface area (TPSA) is 77.8 Å². The summed E-state index contributed by atoms with van der Waals surface area (Å²) in [6, 6.07) is 17.9. The van der Waals surface area contributed by atoms with Crippen molar-refractivity contribution in [2.45, 2.75) is 5.92 Å². The van der Waals surface area contributed by atoms with Gasteiger partial charge in [-0.05, 0) is 28.8 Å². The highest BCUT2D eigenvalue weighted by Gasteiger charge is 2.17. The van der Waals surface area contributed by atoms with Crippen LogP contribution in [0.4, 0.5) is 11.6 Å². The Labute approximate surface area is 123 Å². The van der Waals surface area contributed by atoms with Crippen LogP contribution in [0.3, 0.4) is 0 Å². The maximum atomic E-state index is 5.68. The monoisotopic (exact) mass is 276 g/mol. The number of hydrogen-bond acceptors (Lipinski definition) is 4. The third-order valence-corrected chi connectivity index (χ3v) is 3.42. The van der Waals surface area contributed by atoms with Gasteiger partial charge in [-0.1, -0.05) is 42.5 Å². The molecule has 3 aromatic rings. The first-order valence-corrected chi connectivity index (χ1v) is 6.72. The van der Waals surface area contributed by atoms with Crippen molar-refractivity contribution < 1.29 is 0 Å². The number of rotatable bonds is 3. The van der Waals surface area contributed by atoms with Gasteiger partial charge < -0.3 is 11.5 Å². The van der Waals surface area contributed by atoms with Crippen LogP contribution in [-0.2, 0) is 0 Å². The van der Waals surface area contributed by atoms with Gasteiger partial charge in [0.15, 0.2) is 0 Å². The molecule has 3 rings (SSSR count). The Bertz CT molecular complexity index is 661. The summed E-state index contributed by atoms with van der Waals surface area (Å²) in [6.07, 6.45) is 3.62. The minimum absolute atomic E-state index is 0.0624. The second kappa shape index (κ2) is 5.63. The quantitative estimate of drug-likeness (QED) is 0.771. The maximum absolute atomic E-state index is 5.68. The third-order valence-electron chi connectivity index (χ3n) is 3.42. The highest BCUT2D eigenvalue weighted by molar-refractivity contribution is 5.44. The van der Waals surface area contributed by atoms with Crippen molar-refractivity contribution >= 4 is 11.6 Å². The molecular weight excluding hydrogens is 260 g/mol. The van der Waals surface area contributed by atoms with Crippen molar-refractivity contribution in [2.75, 3.05) is 11.5 Å².